The maximum atomic E-state index is 6.14. The smallest absolute Gasteiger partial charge is 0.277 e. The molecule has 0 saturated heterocycles. The lowest BCUT2D eigenvalue weighted by Gasteiger charge is -2.03. The molecule has 0 saturated carbocycles. The van der Waals surface area contributed by atoms with Crippen LogP contribution >= 0.6 is 46.6 Å². The summed E-state index contributed by atoms with van der Waals surface area (Å²) in [5, 5.41) is 10.3. The molecule has 3 aromatic rings. The largest absolute Gasteiger partial charge is 0.484 e. The Balaban J connectivity index is 1.54. The molecule has 8 heteroatoms. The first-order valence-corrected chi connectivity index (χ1v) is 8.99. The summed E-state index contributed by atoms with van der Waals surface area (Å²) < 4.78 is 11.1. The van der Waals surface area contributed by atoms with Crippen LogP contribution in [0.15, 0.2) is 52.1 Å². The van der Waals surface area contributed by atoms with Gasteiger partial charge in [-0.3, -0.25) is 0 Å². The Morgan fingerprint density at radius 1 is 0.958 bits per heavy atom. The van der Waals surface area contributed by atoms with Gasteiger partial charge in [0.15, 0.2) is 6.61 Å². The van der Waals surface area contributed by atoms with Crippen LogP contribution in [0.1, 0.15) is 11.5 Å². The van der Waals surface area contributed by atoms with E-state index in [9.17, 15) is 0 Å². The molecule has 3 rings (SSSR count). The minimum Gasteiger partial charge on any atom is -0.484 e. The Hall–Kier alpha value is -1.40. The number of rotatable bonds is 6. The molecule has 0 radical (unpaired) electrons. The van der Waals surface area contributed by atoms with Crippen LogP contribution in [0.25, 0.3) is 0 Å². The molecule has 1 heterocycles. The van der Waals surface area contributed by atoms with Gasteiger partial charge in [-0.25, -0.2) is 0 Å². The Morgan fingerprint density at radius 2 is 1.71 bits per heavy atom. The van der Waals surface area contributed by atoms with E-state index in [2.05, 4.69) is 10.2 Å². The topological polar surface area (TPSA) is 48.2 Å². The van der Waals surface area contributed by atoms with Crippen LogP contribution in [0, 0.1) is 0 Å². The minimum absolute atomic E-state index is 0.191. The van der Waals surface area contributed by atoms with E-state index in [0.717, 1.165) is 5.56 Å². The number of hydrogen-bond acceptors (Lipinski definition) is 5. The first kappa shape index (κ1) is 17.4. The van der Waals surface area contributed by atoms with Gasteiger partial charge in [-0.05, 0) is 42.0 Å². The van der Waals surface area contributed by atoms with Gasteiger partial charge in [-0.1, -0.05) is 52.6 Å². The zero-order valence-electron chi connectivity index (χ0n) is 12.2. The molecule has 0 N–H and O–H groups in total. The van der Waals surface area contributed by atoms with E-state index in [-0.39, 0.29) is 6.61 Å². The monoisotopic (exact) mass is 400 g/mol. The van der Waals surface area contributed by atoms with Crippen molar-refractivity contribution in [3.8, 4) is 5.75 Å². The fraction of sp³-hybridized carbons (Fsp3) is 0.125. The number of halogens is 3. The summed E-state index contributed by atoms with van der Waals surface area (Å²) >= 11 is 19.2. The SMILES string of the molecule is Clc1ccc(OCc2nnc(SCc3ccc(Cl)cc3Cl)o2)cc1. The summed E-state index contributed by atoms with van der Waals surface area (Å²) in [6, 6.07) is 12.4. The van der Waals surface area contributed by atoms with Gasteiger partial charge in [0.1, 0.15) is 5.75 Å². The number of nitrogens with zero attached hydrogens (tertiary/aromatic N) is 2. The van der Waals surface area contributed by atoms with Crippen LogP contribution in [-0.2, 0) is 12.4 Å². The van der Waals surface area contributed by atoms with Crippen LogP contribution in [0.4, 0.5) is 0 Å². The molecule has 0 fully saturated rings. The summed E-state index contributed by atoms with van der Waals surface area (Å²) in [6.07, 6.45) is 0. The van der Waals surface area contributed by atoms with Crippen molar-refractivity contribution in [1.82, 2.24) is 10.2 Å². The number of thioether (sulfide) groups is 1. The third kappa shape index (κ3) is 4.80. The van der Waals surface area contributed by atoms with Crippen LogP contribution < -0.4 is 4.74 Å². The summed E-state index contributed by atoms with van der Waals surface area (Å²) in [5.74, 6) is 1.68. The van der Waals surface area contributed by atoms with E-state index in [1.165, 1.54) is 11.8 Å². The van der Waals surface area contributed by atoms with Crippen molar-refractivity contribution in [2.75, 3.05) is 0 Å². The number of hydrogen-bond donors (Lipinski definition) is 0. The molecular weight excluding hydrogens is 391 g/mol. The van der Waals surface area contributed by atoms with E-state index in [1.54, 1.807) is 36.4 Å². The van der Waals surface area contributed by atoms with E-state index in [1.807, 2.05) is 6.07 Å². The standard InChI is InChI=1S/C16H11Cl3N2O2S/c17-11-3-5-13(6-4-11)22-8-15-20-21-16(23-15)24-9-10-1-2-12(18)7-14(10)19/h1-7H,8-9H2. The van der Waals surface area contributed by atoms with Crippen LogP contribution in [0.3, 0.4) is 0 Å². The average molecular weight is 402 g/mol. The van der Waals surface area contributed by atoms with Crippen molar-refractivity contribution in [2.45, 2.75) is 17.6 Å². The lowest BCUT2D eigenvalue weighted by atomic mass is 10.2. The quantitative estimate of drug-likeness (QED) is 0.481. The Morgan fingerprint density at radius 3 is 2.46 bits per heavy atom. The zero-order chi connectivity index (χ0) is 16.9. The molecule has 2 aromatic carbocycles. The molecule has 4 nitrogen and oxygen atoms in total. The maximum absolute atomic E-state index is 6.14. The summed E-state index contributed by atoms with van der Waals surface area (Å²) in [4.78, 5) is 0. The van der Waals surface area contributed by atoms with Crippen molar-refractivity contribution in [1.29, 1.82) is 0 Å². The Kier molecular flexibility index (Phi) is 5.89. The molecule has 1 aromatic heterocycles. The van der Waals surface area contributed by atoms with Gasteiger partial charge in [0, 0.05) is 20.8 Å². The second kappa shape index (κ2) is 8.12. The maximum Gasteiger partial charge on any atom is 0.277 e. The molecule has 0 spiro atoms. The summed E-state index contributed by atoms with van der Waals surface area (Å²) in [7, 11) is 0. The van der Waals surface area contributed by atoms with Crippen LogP contribution in [0.5, 0.6) is 5.75 Å². The minimum atomic E-state index is 0.191. The normalized spacial score (nSPS) is 10.8. The lowest BCUT2D eigenvalue weighted by molar-refractivity contribution is 0.252. The van der Waals surface area contributed by atoms with E-state index in [4.69, 9.17) is 44.0 Å². The molecule has 124 valence electrons. The van der Waals surface area contributed by atoms with Gasteiger partial charge >= 0.3 is 0 Å². The predicted molar refractivity (Wildman–Crippen MR) is 96.1 cm³/mol. The molecule has 24 heavy (non-hydrogen) atoms. The molecule has 0 unspecified atom stereocenters. The molecule has 0 bridgehead atoms. The second-order valence-electron chi connectivity index (χ2n) is 4.73. The van der Waals surface area contributed by atoms with Gasteiger partial charge in [-0.2, -0.15) is 0 Å². The first-order chi connectivity index (χ1) is 11.6. The number of aromatic nitrogens is 2. The van der Waals surface area contributed by atoms with Crippen molar-refractivity contribution < 1.29 is 9.15 Å². The van der Waals surface area contributed by atoms with Gasteiger partial charge < -0.3 is 9.15 Å². The van der Waals surface area contributed by atoms with Crippen molar-refractivity contribution in [3.63, 3.8) is 0 Å². The fourth-order valence-electron chi connectivity index (χ4n) is 1.81. The van der Waals surface area contributed by atoms with Crippen molar-refractivity contribution >= 4 is 46.6 Å². The third-order valence-corrected chi connectivity index (χ3v) is 4.70. The predicted octanol–water partition coefficient (Wildman–Crippen LogP) is 5.90. The average Bonchev–Trinajstić information content (AvgIpc) is 3.01. The highest BCUT2D eigenvalue weighted by Gasteiger charge is 2.09. The van der Waals surface area contributed by atoms with Gasteiger partial charge in [0.25, 0.3) is 11.1 Å². The Labute approximate surface area is 158 Å². The van der Waals surface area contributed by atoms with E-state index in [0.29, 0.717) is 37.7 Å². The third-order valence-electron chi connectivity index (χ3n) is 2.99. The molecule has 0 atom stereocenters. The molecule has 0 aliphatic carbocycles. The highest BCUT2D eigenvalue weighted by Crippen LogP contribution is 2.28. The number of ether oxygens (including phenoxy) is 1. The molecule has 0 amide bonds. The first-order valence-electron chi connectivity index (χ1n) is 6.87. The van der Waals surface area contributed by atoms with Crippen LogP contribution in [-0.4, -0.2) is 10.2 Å². The molecule has 0 aliphatic rings. The summed E-state index contributed by atoms with van der Waals surface area (Å²) in [5.41, 5.74) is 0.947. The van der Waals surface area contributed by atoms with Gasteiger partial charge in [-0.15, -0.1) is 10.2 Å². The van der Waals surface area contributed by atoms with Crippen molar-refractivity contribution in [2.24, 2.45) is 0 Å². The lowest BCUT2D eigenvalue weighted by Crippen LogP contribution is -1.95. The van der Waals surface area contributed by atoms with E-state index < -0.39 is 0 Å². The van der Waals surface area contributed by atoms with Gasteiger partial charge in [0.2, 0.25) is 0 Å². The Bertz CT molecular complexity index is 824. The molecule has 0 aliphatic heterocycles. The zero-order valence-corrected chi connectivity index (χ0v) is 15.3. The van der Waals surface area contributed by atoms with Crippen LogP contribution in [0.2, 0.25) is 15.1 Å². The highest BCUT2D eigenvalue weighted by atomic mass is 35.5. The fourth-order valence-corrected chi connectivity index (χ4v) is 3.27. The molecular formula is C16H11Cl3N2O2S. The second-order valence-corrected chi connectivity index (χ2v) is 6.94. The van der Waals surface area contributed by atoms with E-state index >= 15 is 0 Å². The van der Waals surface area contributed by atoms with Crippen molar-refractivity contribution in [3.05, 3.63) is 69.0 Å². The highest BCUT2D eigenvalue weighted by molar-refractivity contribution is 7.98. The summed E-state index contributed by atoms with van der Waals surface area (Å²) in [6.45, 7) is 0.191. The van der Waals surface area contributed by atoms with Gasteiger partial charge in [0.05, 0.1) is 0 Å². The number of benzene rings is 2.